The Morgan fingerprint density at radius 3 is 2.38 bits per heavy atom. The van der Waals surface area contributed by atoms with Gasteiger partial charge in [0.25, 0.3) is 5.91 Å². The van der Waals surface area contributed by atoms with Crippen molar-refractivity contribution in [3.8, 4) is 0 Å². The van der Waals surface area contributed by atoms with Crippen LogP contribution in [0.1, 0.15) is 30.1 Å². The molecule has 0 radical (unpaired) electrons. The first-order valence-corrected chi connectivity index (χ1v) is 10.1. The van der Waals surface area contributed by atoms with Gasteiger partial charge in [0.15, 0.2) is 0 Å². The van der Waals surface area contributed by atoms with E-state index in [0.717, 1.165) is 5.69 Å². The third-order valence-corrected chi connectivity index (χ3v) is 5.19. The average Bonchev–Trinajstić information content (AvgIpc) is 2.74. The van der Waals surface area contributed by atoms with Crippen LogP contribution in [-0.4, -0.2) is 47.6 Å². The van der Waals surface area contributed by atoms with Crippen LogP contribution in [-0.2, 0) is 9.59 Å². The molecule has 0 bridgehead atoms. The van der Waals surface area contributed by atoms with Gasteiger partial charge in [-0.25, -0.2) is 0 Å². The minimum atomic E-state index is -0.180. The summed E-state index contributed by atoms with van der Waals surface area (Å²) in [5.41, 5.74) is 1.96. The summed E-state index contributed by atoms with van der Waals surface area (Å²) in [6.45, 7) is 2.53. The van der Waals surface area contributed by atoms with Crippen LogP contribution in [0.15, 0.2) is 54.6 Å². The molecule has 152 valence electrons. The van der Waals surface area contributed by atoms with E-state index in [1.165, 1.54) is 6.92 Å². The van der Waals surface area contributed by atoms with Gasteiger partial charge in [-0.3, -0.25) is 14.4 Å². The summed E-state index contributed by atoms with van der Waals surface area (Å²) in [4.78, 5) is 40.1. The van der Waals surface area contributed by atoms with Gasteiger partial charge >= 0.3 is 0 Å². The molecule has 0 aromatic heterocycles. The molecule has 2 aromatic carbocycles. The van der Waals surface area contributed by atoms with Crippen molar-refractivity contribution in [1.29, 1.82) is 0 Å². The van der Waals surface area contributed by atoms with E-state index in [-0.39, 0.29) is 29.6 Å². The highest BCUT2D eigenvalue weighted by Crippen LogP contribution is 2.25. The van der Waals surface area contributed by atoms with Gasteiger partial charge in [-0.2, -0.15) is 0 Å². The van der Waals surface area contributed by atoms with E-state index in [4.69, 9.17) is 11.6 Å². The number of likely N-dealkylation sites (tertiary alicyclic amines) is 1. The molecule has 0 aliphatic carbocycles. The number of hydrogen-bond donors (Lipinski definition) is 1. The summed E-state index contributed by atoms with van der Waals surface area (Å²) in [6.07, 6.45) is 1.35. The number of piperidine rings is 1. The zero-order valence-corrected chi connectivity index (χ0v) is 17.1. The van der Waals surface area contributed by atoms with Crippen molar-refractivity contribution in [3.05, 3.63) is 60.2 Å². The normalized spacial score (nSPS) is 14.3. The van der Waals surface area contributed by atoms with Crippen molar-refractivity contribution >= 4 is 40.7 Å². The van der Waals surface area contributed by atoms with Gasteiger partial charge < -0.3 is 15.1 Å². The van der Waals surface area contributed by atoms with Crippen LogP contribution < -0.4 is 10.2 Å². The van der Waals surface area contributed by atoms with E-state index in [2.05, 4.69) is 5.32 Å². The Kier molecular flexibility index (Phi) is 6.88. The van der Waals surface area contributed by atoms with Crippen LogP contribution in [0.25, 0.3) is 0 Å². The number of rotatable bonds is 5. The molecule has 3 rings (SSSR count). The lowest BCUT2D eigenvalue weighted by Gasteiger charge is -2.38. The lowest BCUT2D eigenvalue weighted by Crippen LogP contribution is -2.49. The van der Waals surface area contributed by atoms with Crippen molar-refractivity contribution in [1.82, 2.24) is 4.90 Å². The van der Waals surface area contributed by atoms with Gasteiger partial charge in [0.1, 0.15) is 5.88 Å². The van der Waals surface area contributed by atoms with Crippen LogP contribution in [0.4, 0.5) is 11.4 Å². The molecule has 7 heteroatoms. The number of nitrogens with one attached hydrogen (secondary N) is 1. The Labute approximate surface area is 175 Å². The number of amides is 3. The second kappa shape index (κ2) is 9.56. The van der Waals surface area contributed by atoms with Gasteiger partial charge in [-0.15, -0.1) is 11.6 Å². The molecule has 1 N–H and O–H groups in total. The molecule has 6 nitrogen and oxygen atoms in total. The van der Waals surface area contributed by atoms with Gasteiger partial charge in [0.05, 0.1) is 0 Å². The average molecular weight is 414 g/mol. The number of hydrogen-bond acceptors (Lipinski definition) is 3. The van der Waals surface area contributed by atoms with Crippen LogP contribution >= 0.6 is 11.6 Å². The zero-order chi connectivity index (χ0) is 20.8. The SMILES string of the molecule is CC(=O)Nc1cccc(C(=O)N2CCC(N(C(=O)CCl)c3ccccc3)CC2)c1. The second-order valence-electron chi connectivity index (χ2n) is 7.02. The van der Waals surface area contributed by atoms with E-state index in [0.29, 0.717) is 37.2 Å². The minimum absolute atomic E-state index is 0.00147. The highest BCUT2D eigenvalue weighted by molar-refractivity contribution is 6.29. The van der Waals surface area contributed by atoms with Crippen molar-refractivity contribution < 1.29 is 14.4 Å². The van der Waals surface area contributed by atoms with Crippen molar-refractivity contribution in [2.24, 2.45) is 0 Å². The number of carbonyl (C=O) groups is 3. The standard InChI is InChI=1S/C22H24ClN3O3/c1-16(27)24-18-7-5-6-17(14-18)22(29)25-12-10-20(11-13-25)26(21(28)15-23)19-8-3-2-4-9-19/h2-9,14,20H,10-13,15H2,1H3,(H,24,27). The molecule has 0 spiro atoms. The number of anilines is 2. The molecule has 0 saturated carbocycles. The molecule has 0 unspecified atom stereocenters. The number of nitrogens with zero attached hydrogens (tertiary/aromatic N) is 2. The molecular weight excluding hydrogens is 390 g/mol. The molecule has 1 aliphatic heterocycles. The maximum Gasteiger partial charge on any atom is 0.253 e. The molecule has 0 atom stereocenters. The summed E-state index contributed by atoms with van der Waals surface area (Å²) < 4.78 is 0. The maximum atomic E-state index is 12.9. The lowest BCUT2D eigenvalue weighted by molar-refractivity contribution is -0.117. The van der Waals surface area contributed by atoms with E-state index >= 15 is 0 Å². The molecule has 2 aromatic rings. The van der Waals surface area contributed by atoms with Crippen LogP contribution in [0.5, 0.6) is 0 Å². The van der Waals surface area contributed by atoms with Crippen LogP contribution in [0.3, 0.4) is 0 Å². The molecular formula is C22H24ClN3O3. The fraction of sp³-hybridized carbons (Fsp3) is 0.318. The second-order valence-corrected chi connectivity index (χ2v) is 7.29. The van der Waals surface area contributed by atoms with E-state index in [1.54, 1.807) is 34.1 Å². The van der Waals surface area contributed by atoms with Crippen molar-refractivity contribution in [2.45, 2.75) is 25.8 Å². The van der Waals surface area contributed by atoms with Crippen LogP contribution in [0, 0.1) is 0 Å². The molecule has 1 saturated heterocycles. The Bertz CT molecular complexity index is 880. The zero-order valence-electron chi connectivity index (χ0n) is 16.3. The van der Waals surface area contributed by atoms with E-state index < -0.39 is 0 Å². The lowest BCUT2D eigenvalue weighted by atomic mass is 10.0. The summed E-state index contributed by atoms with van der Waals surface area (Å²) >= 11 is 5.84. The molecule has 1 heterocycles. The summed E-state index contributed by atoms with van der Waals surface area (Å²) in [5.74, 6) is -0.471. The smallest absolute Gasteiger partial charge is 0.253 e. The Balaban J connectivity index is 1.68. The number of alkyl halides is 1. The summed E-state index contributed by atoms with van der Waals surface area (Å²) in [7, 11) is 0. The first-order chi connectivity index (χ1) is 14.0. The number of para-hydroxylation sites is 1. The Morgan fingerprint density at radius 2 is 1.76 bits per heavy atom. The predicted molar refractivity (Wildman–Crippen MR) is 114 cm³/mol. The number of halogens is 1. The van der Waals surface area contributed by atoms with Gasteiger partial charge in [0, 0.05) is 43.0 Å². The fourth-order valence-corrected chi connectivity index (χ4v) is 3.78. The first kappa shape index (κ1) is 20.9. The van der Waals surface area contributed by atoms with E-state index in [1.807, 2.05) is 30.3 Å². The van der Waals surface area contributed by atoms with Crippen molar-refractivity contribution in [3.63, 3.8) is 0 Å². The summed E-state index contributed by atoms with van der Waals surface area (Å²) in [5, 5.41) is 2.70. The maximum absolute atomic E-state index is 12.9. The first-order valence-electron chi connectivity index (χ1n) is 9.59. The Morgan fingerprint density at radius 1 is 1.07 bits per heavy atom. The molecule has 1 aliphatic rings. The van der Waals surface area contributed by atoms with Crippen molar-refractivity contribution in [2.75, 3.05) is 29.2 Å². The quantitative estimate of drug-likeness (QED) is 0.762. The monoisotopic (exact) mass is 413 g/mol. The van der Waals surface area contributed by atoms with Gasteiger partial charge in [-0.05, 0) is 43.2 Å². The van der Waals surface area contributed by atoms with E-state index in [9.17, 15) is 14.4 Å². The third-order valence-electron chi connectivity index (χ3n) is 4.96. The van der Waals surface area contributed by atoms with Gasteiger partial charge in [-0.1, -0.05) is 24.3 Å². The topological polar surface area (TPSA) is 69.7 Å². The minimum Gasteiger partial charge on any atom is -0.338 e. The summed E-state index contributed by atoms with van der Waals surface area (Å²) in [6, 6.07) is 16.4. The number of carbonyl (C=O) groups excluding carboxylic acids is 3. The fourth-order valence-electron chi connectivity index (χ4n) is 3.65. The molecule has 1 fully saturated rings. The highest BCUT2D eigenvalue weighted by atomic mass is 35.5. The molecule has 3 amide bonds. The predicted octanol–water partition coefficient (Wildman–Crippen LogP) is 3.52. The molecule has 29 heavy (non-hydrogen) atoms. The number of benzene rings is 2. The highest BCUT2D eigenvalue weighted by Gasteiger charge is 2.30. The van der Waals surface area contributed by atoms with Crippen LogP contribution in [0.2, 0.25) is 0 Å². The largest absolute Gasteiger partial charge is 0.338 e. The Hall–Kier alpha value is -2.86. The van der Waals surface area contributed by atoms with Gasteiger partial charge in [0.2, 0.25) is 11.8 Å². The third kappa shape index (κ3) is 5.15.